The number of hydrogen-bond donors (Lipinski definition) is 1. The van der Waals surface area contributed by atoms with Gasteiger partial charge in [0.2, 0.25) is 0 Å². The highest BCUT2D eigenvalue weighted by Gasteiger charge is 2.33. The Bertz CT molecular complexity index is 433. The Labute approximate surface area is 116 Å². The minimum absolute atomic E-state index is 0.0897. The summed E-state index contributed by atoms with van der Waals surface area (Å²) >= 11 is 0. The Balaban J connectivity index is 1.88. The zero-order valence-corrected chi connectivity index (χ0v) is 11.7. The normalized spacial score (nSPS) is 25.1. The van der Waals surface area contributed by atoms with E-state index >= 15 is 0 Å². The standard InChI is InChI=1S/C13H20F3N3O/c1-9(7-13(14,15)16)17-8-10-4-6-20-12(10)11-3-5-18-19(11)2/h3,5,9-10,12,17H,4,6-8H2,1-2H3/t9?,10-,12+/m0/s1. The maximum atomic E-state index is 12.3. The average Bonchev–Trinajstić information content (AvgIpc) is 2.92. The van der Waals surface area contributed by atoms with Gasteiger partial charge >= 0.3 is 6.18 Å². The van der Waals surface area contributed by atoms with Gasteiger partial charge in [-0.25, -0.2) is 0 Å². The Hall–Kier alpha value is -1.08. The number of alkyl halides is 3. The largest absolute Gasteiger partial charge is 0.390 e. The topological polar surface area (TPSA) is 39.1 Å². The molecule has 4 nitrogen and oxygen atoms in total. The van der Waals surface area contributed by atoms with Crippen molar-refractivity contribution in [1.29, 1.82) is 0 Å². The average molecular weight is 291 g/mol. The summed E-state index contributed by atoms with van der Waals surface area (Å²) in [6.45, 7) is 2.71. The second-order valence-corrected chi connectivity index (χ2v) is 5.35. The van der Waals surface area contributed by atoms with E-state index in [0.29, 0.717) is 13.2 Å². The molecule has 3 atom stereocenters. The van der Waals surface area contributed by atoms with Gasteiger partial charge in [-0.1, -0.05) is 0 Å². The van der Waals surface area contributed by atoms with E-state index in [4.69, 9.17) is 4.74 Å². The van der Waals surface area contributed by atoms with Crippen LogP contribution in [0, 0.1) is 5.92 Å². The van der Waals surface area contributed by atoms with Crippen molar-refractivity contribution in [2.45, 2.75) is 38.1 Å². The smallest absolute Gasteiger partial charge is 0.372 e. The minimum atomic E-state index is -4.12. The van der Waals surface area contributed by atoms with E-state index in [1.807, 2.05) is 13.1 Å². The molecule has 0 radical (unpaired) electrons. The third-order valence-electron chi connectivity index (χ3n) is 3.63. The molecule has 114 valence electrons. The molecule has 1 aliphatic rings. The highest BCUT2D eigenvalue weighted by Crippen LogP contribution is 2.33. The number of rotatable bonds is 5. The molecular formula is C13H20F3N3O. The molecule has 2 rings (SSSR count). The molecule has 1 N–H and O–H groups in total. The molecule has 7 heteroatoms. The predicted octanol–water partition coefficient (Wildman–Crippen LogP) is 2.43. The van der Waals surface area contributed by atoms with Gasteiger partial charge in [0.1, 0.15) is 6.10 Å². The fraction of sp³-hybridized carbons (Fsp3) is 0.769. The molecule has 1 unspecified atom stereocenters. The molecule has 0 bridgehead atoms. The Kier molecular flexibility index (Phi) is 4.70. The molecule has 1 saturated heterocycles. The van der Waals surface area contributed by atoms with Crippen LogP contribution in [0.4, 0.5) is 13.2 Å². The zero-order valence-electron chi connectivity index (χ0n) is 11.7. The van der Waals surface area contributed by atoms with E-state index < -0.39 is 18.6 Å². The van der Waals surface area contributed by atoms with Crippen molar-refractivity contribution in [3.05, 3.63) is 18.0 Å². The van der Waals surface area contributed by atoms with Gasteiger partial charge < -0.3 is 10.1 Å². The summed E-state index contributed by atoms with van der Waals surface area (Å²) in [6.07, 6.45) is -2.47. The summed E-state index contributed by atoms with van der Waals surface area (Å²) in [5.41, 5.74) is 0.970. The number of aromatic nitrogens is 2. The summed E-state index contributed by atoms with van der Waals surface area (Å²) in [5, 5.41) is 7.07. The van der Waals surface area contributed by atoms with Crippen LogP contribution in [0.2, 0.25) is 0 Å². The van der Waals surface area contributed by atoms with Crippen molar-refractivity contribution in [2.75, 3.05) is 13.2 Å². The highest BCUT2D eigenvalue weighted by atomic mass is 19.4. The van der Waals surface area contributed by atoms with Crippen molar-refractivity contribution in [3.8, 4) is 0 Å². The number of ether oxygens (including phenoxy) is 1. The van der Waals surface area contributed by atoms with Crippen LogP contribution in [0.5, 0.6) is 0 Å². The van der Waals surface area contributed by atoms with Crippen LogP contribution in [0.1, 0.15) is 31.6 Å². The fourth-order valence-corrected chi connectivity index (χ4v) is 2.60. The minimum Gasteiger partial charge on any atom is -0.372 e. The van der Waals surface area contributed by atoms with Crippen molar-refractivity contribution in [2.24, 2.45) is 13.0 Å². The van der Waals surface area contributed by atoms with Gasteiger partial charge in [-0.15, -0.1) is 0 Å². The number of hydrogen-bond acceptors (Lipinski definition) is 3. The summed E-state index contributed by atoms with van der Waals surface area (Å²) in [5.74, 6) is 0.182. The lowest BCUT2D eigenvalue weighted by molar-refractivity contribution is -0.139. The molecule has 0 aliphatic carbocycles. The summed E-state index contributed by atoms with van der Waals surface area (Å²) in [7, 11) is 1.84. The van der Waals surface area contributed by atoms with Crippen LogP contribution in [0.3, 0.4) is 0 Å². The van der Waals surface area contributed by atoms with Crippen molar-refractivity contribution in [1.82, 2.24) is 15.1 Å². The molecule has 1 aromatic rings. The summed E-state index contributed by atoms with van der Waals surface area (Å²) in [4.78, 5) is 0. The molecule has 2 heterocycles. The van der Waals surface area contributed by atoms with E-state index in [9.17, 15) is 13.2 Å². The molecule has 1 aromatic heterocycles. The first-order chi connectivity index (χ1) is 9.37. The van der Waals surface area contributed by atoms with E-state index in [2.05, 4.69) is 10.4 Å². The van der Waals surface area contributed by atoms with Crippen LogP contribution in [0.25, 0.3) is 0 Å². The van der Waals surface area contributed by atoms with Crippen molar-refractivity contribution < 1.29 is 17.9 Å². The van der Waals surface area contributed by atoms with Gasteiger partial charge in [0, 0.05) is 38.4 Å². The highest BCUT2D eigenvalue weighted by molar-refractivity contribution is 5.07. The second-order valence-electron chi connectivity index (χ2n) is 5.35. The van der Waals surface area contributed by atoms with E-state index in [0.717, 1.165) is 12.1 Å². The van der Waals surface area contributed by atoms with Gasteiger partial charge in [0.15, 0.2) is 0 Å². The Morgan fingerprint density at radius 1 is 1.55 bits per heavy atom. The molecule has 0 spiro atoms. The van der Waals surface area contributed by atoms with Crippen LogP contribution in [0.15, 0.2) is 12.3 Å². The summed E-state index contributed by atoms with van der Waals surface area (Å²) < 4.78 is 44.3. The van der Waals surface area contributed by atoms with Crippen LogP contribution in [-0.2, 0) is 11.8 Å². The van der Waals surface area contributed by atoms with Gasteiger partial charge in [0.05, 0.1) is 12.1 Å². The third kappa shape index (κ3) is 3.96. The van der Waals surface area contributed by atoms with E-state index in [-0.39, 0.29) is 12.0 Å². The van der Waals surface area contributed by atoms with Crippen LogP contribution < -0.4 is 5.32 Å². The van der Waals surface area contributed by atoms with Crippen molar-refractivity contribution >= 4 is 0 Å². The number of halogens is 3. The van der Waals surface area contributed by atoms with Crippen LogP contribution in [-0.4, -0.2) is 35.2 Å². The molecule has 1 aliphatic heterocycles. The first-order valence-electron chi connectivity index (χ1n) is 6.76. The van der Waals surface area contributed by atoms with Crippen LogP contribution >= 0.6 is 0 Å². The van der Waals surface area contributed by atoms with Gasteiger partial charge in [-0.05, 0) is 19.4 Å². The number of aryl methyl sites for hydroxylation is 1. The SMILES string of the molecule is CC(CC(F)(F)F)NC[C@@H]1CCO[C@H]1c1ccnn1C. The number of nitrogens with one attached hydrogen (secondary N) is 1. The lowest BCUT2D eigenvalue weighted by Gasteiger charge is -2.22. The van der Waals surface area contributed by atoms with Gasteiger partial charge in [-0.2, -0.15) is 18.3 Å². The third-order valence-corrected chi connectivity index (χ3v) is 3.63. The molecule has 0 aromatic carbocycles. The zero-order chi connectivity index (χ0) is 14.8. The fourth-order valence-electron chi connectivity index (χ4n) is 2.60. The maximum absolute atomic E-state index is 12.3. The van der Waals surface area contributed by atoms with E-state index in [1.165, 1.54) is 0 Å². The molecule has 1 fully saturated rings. The maximum Gasteiger partial charge on any atom is 0.390 e. The molecule has 0 saturated carbocycles. The summed E-state index contributed by atoms with van der Waals surface area (Å²) in [6, 6.07) is 1.31. The Morgan fingerprint density at radius 3 is 2.90 bits per heavy atom. The lowest BCUT2D eigenvalue weighted by atomic mass is 9.98. The second kappa shape index (κ2) is 6.13. The lowest BCUT2D eigenvalue weighted by Crippen LogP contribution is -2.35. The molecule has 0 amide bonds. The molecule has 20 heavy (non-hydrogen) atoms. The molecular weight excluding hydrogens is 271 g/mol. The van der Waals surface area contributed by atoms with Gasteiger partial charge in [0.25, 0.3) is 0 Å². The quantitative estimate of drug-likeness (QED) is 0.905. The Morgan fingerprint density at radius 2 is 2.30 bits per heavy atom. The van der Waals surface area contributed by atoms with Crippen molar-refractivity contribution in [3.63, 3.8) is 0 Å². The predicted molar refractivity (Wildman–Crippen MR) is 68.1 cm³/mol. The first kappa shape index (κ1) is 15.3. The number of nitrogens with zero attached hydrogens (tertiary/aromatic N) is 2. The van der Waals surface area contributed by atoms with E-state index in [1.54, 1.807) is 17.8 Å². The van der Waals surface area contributed by atoms with Gasteiger partial charge in [-0.3, -0.25) is 4.68 Å². The monoisotopic (exact) mass is 291 g/mol. The first-order valence-corrected chi connectivity index (χ1v) is 6.76.